The molecule has 0 spiro atoms. The molecule has 18 heavy (non-hydrogen) atoms. The lowest BCUT2D eigenvalue weighted by Gasteiger charge is -2.18. The Kier molecular flexibility index (Phi) is 3.47. The van der Waals surface area contributed by atoms with Gasteiger partial charge in [-0.15, -0.1) is 0 Å². The van der Waals surface area contributed by atoms with Crippen molar-refractivity contribution in [1.82, 2.24) is 0 Å². The number of fused-ring (bicyclic) bond motifs is 1. The van der Waals surface area contributed by atoms with E-state index in [2.05, 4.69) is 0 Å². The van der Waals surface area contributed by atoms with Crippen molar-refractivity contribution in [3.05, 3.63) is 23.8 Å². The summed E-state index contributed by atoms with van der Waals surface area (Å²) < 4.78 is 10.7. The number of carboxylic acid groups (broad SMARTS) is 1. The summed E-state index contributed by atoms with van der Waals surface area (Å²) in [6.45, 7) is 0.906. The highest BCUT2D eigenvalue weighted by molar-refractivity contribution is 5.99. The molecule has 6 nitrogen and oxygen atoms in total. The predicted molar refractivity (Wildman–Crippen MR) is 62.0 cm³/mol. The Bertz CT molecular complexity index is 485. The molecule has 1 aliphatic heterocycles. The van der Waals surface area contributed by atoms with Gasteiger partial charge < -0.3 is 20.3 Å². The van der Waals surface area contributed by atoms with Crippen LogP contribution < -0.4 is 15.2 Å². The lowest BCUT2D eigenvalue weighted by molar-refractivity contribution is -0.138. The van der Waals surface area contributed by atoms with Crippen molar-refractivity contribution < 1.29 is 24.2 Å². The summed E-state index contributed by atoms with van der Waals surface area (Å²) in [7, 11) is 0. The van der Waals surface area contributed by atoms with E-state index in [1.807, 2.05) is 0 Å². The molecular formula is C12H13NO5. The van der Waals surface area contributed by atoms with Crippen LogP contribution in [0.4, 0.5) is 0 Å². The van der Waals surface area contributed by atoms with Gasteiger partial charge in [-0.2, -0.15) is 0 Å². The van der Waals surface area contributed by atoms with Crippen LogP contribution in [0, 0.1) is 0 Å². The fourth-order valence-corrected chi connectivity index (χ4v) is 1.62. The van der Waals surface area contributed by atoms with Crippen molar-refractivity contribution >= 4 is 11.8 Å². The van der Waals surface area contributed by atoms with Crippen molar-refractivity contribution in [3.63, 3.8) is 0 Å². The quantitative estimate of drug-likeness (QED) is 0.753. The standard InChI is InChI=1S/C12H13NO5/c13-8(12(15)16)6-9(14)7-1-2-10-11(5-7)18-4-3-17-10/h1-2,5,8H,3-4,6,13H2,(H,15,16)/t8-/m1/s1. The maximum atomic E-state index is 11.8. The van der Waals surface area contributed by atoms with E-state index in [4.69, 9.17) is 20.3 Å². The molecule has 3 N–H and O–H groups in total. The Labute approximate surface area is 103 Å². The number of aliphatic carboxylic acids is 1. The molecule has 0 saturated heterocycles. The SMILES string of the molecule is N[C@H](CC(=O)c1ccc2c(c1)OCCO2)C(=O)O. The Morgan fingerprint density at radius 1 is 1.28 bits per heavy atom. The van der Waals surface area contributed by atoms with Gasteiger partial charge in [-0.1, -0.05) is 0 Å². The molecule has 0 aromatic heterocycles. The van der Waals surface area contributed by atoms with Crippen LogP contribution in [0.15, 0.2) is 18.2 Å². The zero-order chi connectivity index (χ0) is 13.1. The number of hydrogen-bond donors (Lipinski definition) is 2. The number of carboxylic acids is 1. The van der Waals surface area contributed by atoms with Gasteiger partial charge in [-0.05, 0) is 18.2 Å². The van der Waals surface area contributed by atoms with Crippen molar-refractivity contribution in [3.8, 4) is 11.5 Å². The Morgan fingerprint density at radius 2 is 1.94 bits per heavy atom. The number of rotatable bonds is 4. The number of Topliss-reactive ketones (excluding diaryl/α,β-unsaturated/α-hetero) is 1. The number of ketones is 1. The molecule has 0 saturated carbocycles. The van der Waals surface area contributed by atoms with Crippen LogP contribution in [0.1, 0.15) is 16.8 Å². The molecule has 1 aliphatic rings. The summed E-state index contributed by atoms with van der Waals surface area (Å²) in [5, 5.41) is 8.65. The molecule has 0 amide bonds. The highest BCUT2D eigenvalue weighted by atomic mass is 16.6. The average molecular weight is 251 g/mol. The summed E-state index contributed by atoms with van der Waals surface area (Å²) in [4.78, 5) is 22.4. The van der Waals surface area contributed by atoms with Crippen LogP contribution in [-0.4, -0.2) is 36.1 Å². The van der Waals surface area contributed by atoms with E-state index in [-0.39, 0.29) is 12.2 Å². The lowest BCUT2D eigenvalue weighted by atomic mass is 10.0. The van der Waals surface area contributed by atoms with E-state index in [9.17, 15) is 9.59 Å². The molecular weight excluding hydrogens is 238 g/mol. The Morgan fingerprint density at radius 3 is 2.61 bits per heavy atom. The van der Waals surface area contributed by atoms with Gasteiger partial charge in [-0.3, -0.25) is 9.59 Å². The second-order valence-electron chi connectivity index (χ2n) is 3.93. The van der Waals surface area contributed by atoms with Crippen LogP contribution in [-0.2, 0) is 4.79 Å². The van der Waals surface area contributed by atoms with Crippen molar-refractivity contribution in [2.75, 3.05) is 13.2 Å². The number of hydrogen-bond acceptors (Lipinski definition) is 5. The largest absolute Gasteiger partial charge is 0.486 e. The van der Waals surface area contributed by atoms with E-state index in [1.54, 1.807) is 18.2 Å². The summed E-state index contributed by atoms with van der Waals surface area (Å²) in [6, 6.07) is 3.56. The normalized spacial score (nSPS) is 14.9. The first-order chi connectivity index (χ1) is 8.58. The molecule has 2 rings (SSSR count). The van der Waals surface area contributed by atoms with Gasteiger partial charge in [-0.25, -0.2) is 0 Å². The summed E-state index contributed by atoms with van der Waals surface area (Å²) >= 11 is 0. The van der Waals surface area contributed by atoms with Crippen LogP contribution in [0.25, 0.3) is 0 Å². The van der Waals surface area contributed by atoms with Gasteiger partial charge in [0.15, 0.2) is 17.3 Å². The molecule has 0 radical (unpaired) electrons. The van der Waals surface area contributed by atoms with Gasteiger partial charge in [0.25, 0.3) is 0 Å². The predicted octanol–water partition coefficient (Wildman–Crippen LogP) is 0.442. The minimum atomic E-state index is -1.19. The molecule has 1 atom stereocenters. The maximum absolute atomic E-state index is 11.8. The molecule has 0 unspecified atom stereocenters. The molecule has 96 valence electrons. The van der Waals surface area contributed by atoms with E-state index in [1.165, 1.54) is 0 Å². The van der Waals surface area contributed by atoms with Crippen LogP contribution >= 0.6 is 0 Å². The molecule has 6 heteroatoms. The van der Waals surface area contributed by atoms with E-state index in [0.717, 1.165) is 0 Å². The van der Waals surface area contributed by atoms with E-state index >= 15 is 0 Å². The fraction of sp³-hybridized carbons (Fsp3) is 0.333. The van der Waals surface area contributed by atoms with Crippen molar-refractivity contribution in [1.29, 1.82) is 0 Å². The maximum Gasteiger partial charge on any atom is 0.320 e. The first-order valence-electron chi connectivity index (χ1n) is 5.49. The zero-order valence-electron chi connectivity index (χ0n) is 9.59. The third-order valence-electron chi connectivity index (χ3n) is 2.59. The van der Waals surface area contributed by atoms with Crippen LogP contribution in [0.2, 0.25) is 0 Å². The zero-order valence-corrected chi connectivity index (χ0v) is 9.59. The smallest absolute Gasteiger partial charge is 0.320 e. The minimum absolute atomic E-state index is 0.241. The number of benzene rings is 1. The van der Waals surface area contributed by atoms with Gasteiger partial charge in [0.2, 0.25) is 0 Å². The molecule has 1 heterocycles. The van der Waals surface area contributed by atoms with Crippen LogP contribution in [0.3, 0.4) is 0 Å². The Balaban J connectivity index is 2.13. The number of ether oxygens (including phenoxy) is 2. The number of nitrogens with two attached hydrogens (primary N) is 1. The third-order valence-corrected chi connectivity index (χ3v) is 2.59. The van der Waals surface area contributed by atoms with Gasteiger partial charge in [0.1, 0.15) is 19.3 Å². The topological polar surface area (TPSA) is 98.9 Å². The van der Waals surface area contributed by atoms with E-state index < -0.39 is 12.0 Å². The second kappa shape index (κ2) is 5.05. The van der Waals surface area contributed by atoms with Gasteiger partial charge in [0, 0.05) is 12.0 Å². The monoisotopic (exact) mass is 251 g/mol. The summed E-state index contributed by atoms with van der Waals surface area (Å²) in [5.41, 5.74) is 5.69. The van der Waals surface area contributed by atoms with Gasteiger partial charge in [0.05, 0.1) is 0 Å². The lowest BCUT2D eigenvalue weighted by Crippen LogP contribution is -2.32. The minimum Gasteiger partial charge on any atom is -0.486 e. The summed E-state index contributed by atoms with van der Waals surface area (Å²) in [6.07, 6.45) is -0.241. The third kappa shape index (κ3) is 2.60. The average Bonchev–Trinajstić information content (AvgIpc) is 2.37. The molecule has 0 fully saturated rings. The van der Waals surface area contributed by atoms with E-state index in [0.29, 0.717) is 30.3 Å². The highest BCUT2D eigenvalue weighted by Crippen LogP contribution is 2.31. The first kappa shape index (κ1) is 12.4. The fourth-order valence-electron chi connectivity index (χ4n) is 1.62. The van der Waals surface area contributed by atoms with Crippen LogP contribution in [0.5, 0.6) is 11.5 Å². The summed E-state index contributed by atoms with van der Waals surface area (Å²) in [5.74, 6) is -0.445. The highest BCUT2D eigenvalue weighted by Gasteiger charge is 2.19. The molecule has 1 aromatic rings. The van der Waals surface area contributed by atoms with Crippen molar-refractivity contribution in [2.45, 2.75) is 12.5 Å². The first-order valence-corrected chi connectivity index (χ1v) is 5.49. The number of carbonyl (C=O) groups excluding carboxylic acids is 1. The molecule has 0 bridgehead atoms. The number of carbonyl (C=O) groups is 2. The van der Waals surface area contributed by atoms with Crippen molar-refractivity contribution in [2.24, 2.45) is 5.73 Å². The molecule has 1 aromatic carbocycles. The second-order valence-corrected chi connectivity index (χ2v) is 3.93. The Hall–Kier alpha value is -2.08. The van der Waals surface area contributed by atoms with Gasteiger partial charge >= 0.3 is 5.97 Å². The molecule has 0 aliphatic carbocycles.